The van der Waals surface area contributed by atoms with Crippen molar-refractivity contribution in [3.8, 4) is 0 Å². The molecule has 1 unspecified atom stereocenters. The van der Waals surface area contributed by atoms with E-state index in [4.69, 9.17) is 4.99 Å². The Morgan fingerprint density at radius 1 is 1.17 bits per heavy atom. The van der Waals surface area contributed by atoms with Crippen molar-refractivity contribution in [2.24, 2.45) is 16.8 Å². The molecule has 1 heterocycles. The Balaban J connectivity index is 0.00000264. The summed E-state index contributed by atoms with van der Waals surface area (Å²) in [4.78, 5) is 7.51. The molecule has 23 heavy (non-hydrogen) atoms. The van der Waals surface area contributed by atoms with Gasteiger partial charge in [-0.3, -0.25) is 4.99 Å². The minimum atomic E-state index is 0. The minimum absolute atomic E-state index is 0. The van der Waals surface area contributed by atoms with E-state index in [1.807, 2.05) is 0 Å². The number of likely N-dealkylation sites (tertiary alicyclic amines) is 1. The molecule has 1 aliphatic carbocycles. The number of nitrogens with zero attached hydrogens (tertiary/aromatic N) is 2. The molecule has 2 rings (SSSR count). The maximum Gasteiger partial charge on any atom is 0.191 e. The average molecular weight is 436 g/mol. The summed E-state index contributed by atoms with van der Waals surface area (Å²) in [6.07, 6.45) is 8.00. The maximum atomic E-state index is 4.88. The molecule has 1 aliphatic heterocycles. The summed E-state index contributed by atoms with van der Waals surface area (Å²) in [6.45, 7) is 12.4. The molecular formula is C18H37IN4. The Morgan fingerprint density at radius 3 is 2.57 bits per heavy atom. The van der Waals surface area contributed by atoms with Crippen LogP contribution in [0.4, 0.5) is 0 Å². The molecule has 5 heteroatoms. The number of piperidine rings is 1. The number of rotatable bonds is 6. The fourth-order valence-electron chi connectivity index (χ4n) is 3.79. The molecule has 2 N–H and O–H groups in total. The first-order chi connectivity index (χ1) is 10.7. The van der Waals surface area contributed by atoms with Crippen LogP contribution >= 0.6 is 24.0 Å². The summed E-state index contributed by atoms with van der Waals surface area (Å²) in [6, 6.07) is 0.640. The molecule has 0 aromatic heterocycles. The number of hydrogen-bond acceptors (Lipinski definition) is 2. The van der Waals surface area contributed by atoms with E-state index < -0.39 is 0 Å². The van der Waals surface area contributed by atoms with Crippen LogP contribution in [-0.4, -0.2) is 49.6 Å². The van der Waals surface area contributed by atoms with Crippen LogP contribution in [0.25, 0.3) is 0 Å². The van der Waals surface area contributed by atoms with Gasteiger partial charge in [-0.1, -0.05) is 26.7 Å². The zero-order chi connectivity index (χ0) is 15.8. The van der Waals surface area contributed by atoms with Gasteiger partial charge in [-0.15, -0.1) is 24.0 Å². The molecule has 2 aliphatic rings. The fraction of sp³-hybridized carbons (Fsp3) is 0.944. The van der Waals surface area contributed by atoms with E-state index in [1.165, 1.54) is 58.2 Å². The standard InChI is InChI=1S/C18H36N4.HI/c1-4-19-18(21-17-9-5-6-10-17)20-12-16-8-7-11-22(14-16)13-15(2)3;/h15-17H,4-14H2,1-3H3,(H2,19,20,21);1H. The predicted octanol–water partition coefficient (Wildman–Crippen LogP) is 3.47. The molecule has 0 radical (unpaired) electrons. The van der Waals surface area contributed by atoms with Gasteiger partial charge in [0.25, 0.3) is 0 Å². The second-order valence-corrected chi connectivity index (χ2v) is 7.51. The Morgan fingerprint density at radius 2 is 1.91 bits per heavy atom. The van der Waals surface area contributed by atoms with Gasteiger partial charge in [0, 0.05) is 32.2 Å². The van der Waals surface area contributed by atoms with E-state index >= 15 is 0 Å². The van der Waals surface area contributed by atoms with Crippen LogP contribution in [0, 0.1) is 11.8 Å². The molecule has 0 amide bonds. The molecule has 0 aromatic carbocycles. The lowest BCUT2D eigenvalue weighted by atomic mass is 9.97. The van der Waals surface area contributed by atoms with E-state index in [-0.39, 0.29) is 24.0 Å². The second-order valence-electron chi connectivity index (χ2n) is 7.51. The number of nitrogens with one attached hydrogen (secondary N) is 2. The number of hydrogen-bond donors (Lipinski definition) is 2. The summed E-state index contributed by atoms with van der Waals surface area (Å²) in [7, 11) is 0. The van der Waals surface area contributed by atoms with Crippen LogP contribution < -0.4 is 10.6 Å². The highest BCUT2D eigenvalue weighted by Crippen LogP contribution is 2.19. The van der Waals surface area contributed by atoms with Crippen LogP contribution in [0.1, 0.15) is 59.3 Å². The number of aliphatic imine (C=N–C) groups is 1. The van der Waals surface area contributed by atoms with Crippen molar-refractivity contribution < 1.29 is 0 Å². The van der Waals surface area contributed by atoms with Crippen molar-refractivity contribution in [2.75, 3.05) is 32.7 Å². The SMILES string of the molecule is CCNC(=NCC1CCCN(CC(C)C)C1)NC1CCCC1.I. The van der Waals surface area contributed by atoms with Gasteiger partial charge in [0.05, 0.1) is 0 Å². The van der Waals surface area contributed by atoms with E-state index in [2.05, 4.69) is 36.3 Å². The van der Waals surface area contributed by atoms with Crippen molar-refractivity contribution in [1.29, 1.82) is 0 Å². The highest BCUT2D eigenvalue weighted by molar-refractivity contribution is 14.0. The van der Waals surface area contributed by atoms with E-state index in [1.54, 1.807) is 0 Å². The smallest absolute Gasteiger partial charge is 0.191 e. The summed E-state index contributed by atoms with van der Waals surface area (Å²) in [5.41, 5.74) is 0. The van der Waals surface area contributed by atoms with Gasteiger partial charge in [0.2, 0.25) is 0 Å². The van der Waals surface area contributed by atoms with Crippen LogP contribution in [0.3, 0.4) is 0 Å². The fourth-order valence-corrected chi connectivity index (χ4v) is 3.79. The Hall–Kier alpha value is -0.0400. The molecule has 0 spiro atoms. The van der Waals surface area contributed by atoms with Crippen LogP contribution in [0.2, 0.25) is 0 Å². The van der Waals surface area contributed by atoms with Gasteiger partial charge in [-0.05, 0) is 51.0 Å². The molecule has 1 atom stereocenters. The average Bonchev–Trinajstić information content (AvgIpc) is 2.98. The minimum Gasteiger partial charge on any atom is -0.357 e. The van der Waals surface area contributed by atoms with Gasteiger partial charge >= 0.3 is 0 Å². The monoisotopic (exact) mass is 436 g/mol. The Bertz CT molecular complexity index is 340. The normalized spacial score (nSPS) is 23.8. The first-order valence-corrected chi connectivity index (χ1v) is 9.44. The van der Waals surface area contributed by atoms with Crippen LogP contribution in [-0.2, 0) is 0 Å². The van der Waals surface area contributed by atoms with E-state index in [0.717, 1.165) is 30.9 Å². The summed E-state index contributed by atoms with van der Waals surface area (Å²) in [5.74, 6) is 2.53. The first-order valence-electron chi connectivity index (χ1n) is 9.44. The summed E-state index contributed by atoms with van der Waals surface area (Å²) >= 11 is 0. The zero-order valence-electron chi connectivity index (χ0n) is 15.3. The number of guanidine groups is 1. The van der Waals surface area contributed by atoms with Gasteiger partial charge in [0.15, 0.2) is 5.96 Å². The molecule has 2 fully saturated rings. The van der Waals surface area contributed by atoms with E-state index in [9.17, 15) is 0 Å². The lowest BCUT2D eigenvalue weighted by molar-refractivity contribution is 0.162. The summed E-state index contributed by atoms with van der Waals surface area (Å²) in [5, 5.41) is 7.04. The number of halogens is 1. The summed E-state index contributed by atoms with van der Waals surface area (Å²) < 4.78 is 0. The molecule has 0 aromatic rings. The molecule has 4 nitrogen and oxygen atoms in total. The van der Waals surface area contributed by atoms with Crippen LogP contribution in [0.15, 0.2) is 4.99 Å². The first kappa shape index (κ1) is 21.0. The van der Waals surface area contributed by atoms with E-state index in [0.29, 0.717) is 6.04 Å². The molecule has 0 bridgehead atoms. The Kier molecular flexibility index (Phi) is 10.5. The lowest BCUT2D eigenvalue weighted by Gasteiger charge is -2.33. The maximum absolute atomic E-state index is 4.88. The van der Waals surface area contributed by atoms with Crippen molar-refractivity contribution in [1.82, 2.24) is 15.5 Å². The molecular weight excluding hydrogens is 399 g/mol. The third kappa shape index (κ3) is 8.05. The zero-order valence-corrected chi connectivity index (χ0v) is 17.6. The van der Waals surface area contributed by atoms with Crippen molar-refractivity contribution in [2.45, 2.75) is 65.3 Å². The highest BCUT2D eigenvalue weighted by atomic mass is 127. The molecule has 1 saturated heterocycles. The Labute approximate surface area is 160 Å². The quantitative estimate of drug-likeness (QED) is 0.381. The molecule has 1 saturated carbocycles. The van der Waals surface area contributed by atoms with Crippen molar-refractivity contribution in [3.63, 3.8) is 0 Å². The van der Waals surface area contributed by atoms with Crippen molar-refractivity contribution in [3.05, 3.63) is 0 Å². The van der Waals surface area contributed by atoms with Gasteiger partial charge in [0.1, 0.15) is 0 Å². The molecule has 136 valence electrons. The largest absolute Gasteiger partial charge is 0.357 e. The van der Waals surface area contributed by atoms with Gasteiger partial charge in [-0.2, -0.15) is 0 Å². The van der Waals surface area contributed by atoms with Gasteiger partial charge in [-0.25, -0.2) is 0 Å². The predicted molar refractivity (Wildman–Crippen MR) is 111 cm³/mol. The highest BCUT2D eigenvalue weighted by Gasteiger charge is 2.21. The third-order valence-corrected chi connectivity index (χ3v) is 4.77. The van der Waals surface area contributed by atoms with Crippen molar-refractivity contribution >= 4 is 29.9 Å². The van der Waals surface area contributed by atoms with Gasteiger partial charge < -0.3 is 15.5 Å². The second kappa shape index (κ2) is 11.5. The topological polar surface area (TPSA) is 39.7 Å². The van der Waals surface area contributed by atoms with Crippen LogP contribution in [0.5, 0.6) is 0 Å². The third-order valence-electron chi connectivity index (χ3n) is 4.77. The lowest BCUT2D eigenvalue weighted by Crippen LogP contribution is -2.43.